The highest BCUT2D eigenvalue weighted by Gasteiger charge is 2.39. The van der Waals surface area contributed by atoms with E-state index >= 15 is 4.39 Å². The summed E-state index contributed by atoms with van der Waals surface area (Å²) >= 11 is 0. The van der Waals surface area contributed by atoms with Crippen LogP contribution in [0.2, 0.25) is 0 Å². The van der Waals surface area contributed by atoms with Crippen LogP contribution in [0.3, 0.4) is 0 Å². The number of phenolic OH excluding ortho intramolecular Hbond substituents is 1. The first-order chi connectivity index (χ1) is 12.4. The van der Waals surface area contributed by atoms with Gasteiger partial charge in [0.15, 0.2) is 5.82 Å². The summed E-state index contributed by atoms with van der Waals surface area (Å²) in [6.45, 7) is 1.61. The Morgan fingerprint density at radius 1 is 1.19 bits per heavy atom. The van der Waals surface area contributed by atoms with Gasteiger partial charge in [-0.3, -0.25) is 4.79 Å². The van der Waals surface area contributed by atoms with Crippen molar-refractivity contribution in [2.45, 2.75) is 44.6 Å². The molecule has 2 aliphatic heterocycles. The number of fused-ring (bicyclic) bond motifs is 1. The third kappa shape index (κ3) is 2.92. The second-order valence-corrected chi connectivity index (χ2v) is 8.80. The van der Waals surface area contributed by atoms with Crippen molar-refractivity contribution in [1.29, 1.82) is 0 Å². The number of likely N-dealkylation sites (tertiary alicyclic amines) is 1. The van der Waals surface area contributed by atoms with Gasteiger partial charge in [0.25, 0.3) is 5.91 Å². The van der Waals surface area contributed by atoms with Crippen molar-refractivity contribution in [2.75, 3.05) is 23.9 Å². The van der Waals surface area contributed by atoms with E-state index in [9.17, 15) is 18.3 Å². The average molecular weight is 383 g/mol. The Hall–Kier alpha value is -1.87. The smallest absolute Gasteiger partial charge is 0.326 e. The molecule has 1 amide bonds. The van der Waals surface area contributed by atoms with E-state index in [-0.39, 0.29) is 0 Å². The van der Waals surface area contributed by atoms with Gasteiger partial charge < -0.3 is 10.0 Å². The van der Waals surface area contributed by atoms with Crippen molar-refractivity contribution in [3.05, 3.63) is 23.0 Å². The summed E-state index contributed by atoms with van der Waals surface area (Å²) in [5.41, 5.74) is 0.747. The lowest BCUT2D eigenvalue weighted by atomic mass is 10.0. The topological polar surface area (TPSA) is 90.0 Å². The Labute approximate surface area is 152 Å². The number of anilines is 1. The lowest BCUT2D eigenvalue weighted by molar-refractivity contribution is -0.117. The number of phenols is 1. The fourth-order valence-electron chi connectivity index (χ4n) is 4.34. The van der Waals surface area contributed by atoms with Crippen molar-refractivity contribution in [1.82, 2.24) is 9.62 Å². The molecule has 1 aromatic rings. The maximum Gasteiger partial charge on any atom is 0.326 e. The number of carbonyl (C=O) groups excluding carboxylic acids is 1. The molecule has 7 nitrogen and oxygen atoms in total. The minimum atomic E-state index is -4.17. The van der Waals surface area contributed by atoms with Crippen molar-refractivity contribution in [3.8, 4) is 5.75 Å². The van der Waals surface area contributed by atoms with Crippen LogP contribution < -0.4 is 9.03 Å². The Morgan fingerprint density at radius 3 is 2.54 bits per heavy atom. The monoisotopic (exact) mass is 383 g/mol. The second-order valence-electron chi connectivity index (χ2n) is 7.21. The van der Waals surface area contributed by atoms with Crippen molar-refractivity contribution < 1.29 is 22.7 Å². The van der Waals surface area contributed by atoms with Crippen LogP contribution in [0.5, 0.6) is 5.75 Å². The molecule has 4 rings (SSSR count). The number of aromatic hydroxyl groups is 1. The zero-order valence-electron chi connectivity index (χ0n) is 14.4. The van der Waals surface area contributed by atoms with Gasteiger partial charge in [0.05, 0.1) is 0 Å². The number of amides is 1. The number of carbonyl (C=O) groups is 1. The summed E-state index contributed by atoms with van der Waals surface area (Å²) in [5, 5.41) is 10.3. The van der Waals surface area contributed by atoms with Gasteiger partial charge in [0.2, 0.25) is 0 Å². The molecule has 0 radical (unpaired) electrons. The average Bonchev–Trinajstić information content (AvgIpc) is 3.11. The Morgan fingerprint density at radius 2 is 1.88 bits per heavy atom. The van der Waals surface area contributed by atoms with E-state index < -0.39 is 39.9 Å². The van der Waals surface area contributed by atoms with Crippen LogP contribution in [0, 0.1) is 5.82 Å². The first-order valence-corrected chi connectivity index (χ1v) is 10.4. The van der Waals surface area contributed by atoms with Gasteiger partial charge in [-0.1, -0.05) is 0 Å². The largest absolute Gasteiger partial charge is 0.506 e. The van der Waals surface area contributed by atoms with Crippen LogP contribution in [0.15, 0.2) is 6.07 Å². The molecule has 1 aliphatic carbocycles. The third-order valence-electron chi connectivity index (χ3n) is 5.62. The summed E-state index contributed by atoms with van der Waals surface area (Å²) in [6.07, 6.45) is 5.22. The molecule has 0 saturated carbocycles. The van der Waals surface area contributed by atoms with Gasteiger partial charge >= 0.3 is 10.2 Å². The van der Waals surface area contributed by atoms with Crippen LogP contribution in [0.25, 0.3) is 0 Å². The van der Waals surface area contributed by atoms with E-state index in [1.54, 1.807) is 0 Å². The normalized spacial score (nSPS) is 25.8. The first-order valence-electron chi connectivity index (χ1n) is 8.97. The molecule has 26 heavy (non-hydrogen) atoms. The molecule has 3 aliphatic rings. The molecule has 142 valence electrons. The standard InChI is InChI=1S/C17H22FN3O4S/c18-16-13-6-5-12(20-7-1-2-8-20)4-3-11(13)9-14(22)17(16)21-10-15(23)19-26(21,24)25/h9,12,22H,1-8,10H2,(H,19,23). The second kappa shape index (κ2) is 6.38. The number of rotatable bonds is 2. The molecular weight excluding hydrogens is 361 g/mol. The fourth-order valence-corrected chi connectivity index (χ4v) is 5.51. The summed E-state index contributed by atoms with van der Waals surface area (Å²) in [4.78, 5) is 13.9. The van der Waals surface area contributed by atoms with Crippen LogP contribution in [-0.2, 0) is 27.8 Å². The van der Waals surface area contributed by atoms with Crippen molar-refractivity contribution in [3.63, 3.8) is 0 Å². The molecule has 0 aromatic heterocycles. The molecule has 1 unspecified atom stereocenters. The minimum absolute atomic E-state index is 0.383. The van der Waals surface area contributed by atoms with Crippen molar-refractivity contribution in [2.24, 2.45) is 0 Å². The SMILES string of the molecule is O=C1CN(c2c(O)cc3c(c2F)CCC(N2CCCC2)CC3)S(=O)(=O)N1. The molecule has 1 atom stereocenters. The molecule has 2 N–H and O–H groups in total. The Balaban J connectivity index is 1.68. The first kappa shape index (κ1) is 17.5. The number of benzene rings is 1. The highest BCUT2D eigenvalue weighted by molar-refractivity contribution is 7.92. The molecule has 2 saturated heterocycles. The molecule has 0 bridgehead atoms. The molecule has 1 aromatic carbocycles. The predicted octanol–water partition coefficient (Wildman–Crippen LogP) is 1.06. The molecule has 9 heteroatoms. The number of hydrogen-bond acceptors (Lipinski definition) is 5. The predicted molar refractivity (Wildman–Crippen MR) is 93.7 cm³/mol. The van der Waals surface area contributed by atoms with E-state index in [1.165, 1.54) is 18.9 Å². The van der Waals surface area contributed by atoms with E-state index in [4.69, 9.17) is 0 Å². The van der Waals surface area contributed by atoms with Gasteiger partial charge in [0, 0.05) is 6.04 Å². The van der Waals surface area contributed by atoms with Gasteiger partial charge in [-0.25, -0.2) is 13.4 Å². The van der Waals surface area contributed by atoms with Gasteiger partial charge in [0.1, 0.15) is 18.0 Å². The van der Waals surface area contributed by atoms with Crippen LogP contribution in [0.1, 0.15) is 36.8 Å². The number of nitrogens with one attached hydrogen (secondary N) is 1. The Bertz CT molecular complexity index is 852. The lowest BCUT2D eigenvalue weighted by Gasteiger charge is -2.26. The van der Waals surface area contributed by atoms with Gasteiger partial charge in [-0.2, -0.15) is 8.42 Å². The van der Waals surface area contributed by atoms with Crippen molar-refractivity contribution >= 4 is 21.8 Å². The summed E-state index contributed by atoms with van der Waals surface area (Å²) in [7, 11) is -4.17. The number of hydrogen-bond donors (Lipinski definition) is 2. The number of halogens is 1. The van der Waals surface area contributed by atoms with Crippen LogP contribution in [0.4, 0.5) is 10.1 Å². The summed E-state index contributed by atoms with van der Waals surface area (Å²) < 4.78 is 41.7. The van der Waals surface area contributed by atoms with Gasteiger partial charge in [-0.05, 0) is 68.8 Å². The van der Waals surface area contributed by atoms with Gasteiger partial charge in [-0.15, -0.1) is 0 Å². The van der Waals surface area contributed by atoms with E-state index in [0.717, 1.165) is 31.5 Å². The zero-order valence-corrected chi connectivity index (χ0v) is 15.2. The highest BCUT2D eigenvalue weighted by Crippen LogP contribution is 2.39. The summed E-state index contributed by atoms with van der Waals surface area (Å²) in [6, 6.07) is 1.84. The number of nitrogens with zero attached hydrogens (tertiary/aromatic N) is 2. The Kier molecular flexibility index (Phi) is 4.31. The minimum Gasteiger partial charge on any atom is -0.506 e. The van der Waals surface area contributed by atoms with E-state index in [0.29, 0.717) is 28.8 Å². The molecular formula is C17H22FN3O4S. The summed E-state index contributed by atoms with van der Waals surface area (Å²) in [5.74, 6) is -1.92. The van der Waals surface area contributed by atoms with Crippen LogP contribution in [-0.4, -0.2) is 50.0 Å². The fraction of sp³-hybridized carbons (Fsp3) is 0.588. The molecule has 0 spiro atoms. The number of aryl methyl sites for hydroxylation is 1. The third-order valence-corrected chi connectivity index (χ3v) is 6.99. The molecule has 2 heterocycles. The maximum absolute atomic E-state index is 15.2. The maximum atomic E-state index is 15.2. The zero-order chi connectivity index (χ0) is 18.5. The highest BCUT2D eigenvalue weighted by atomic mass is 32.2. The van der Waals surface area contributed by atoms with E-state index in [2.05, 4.69) is 4.90 Å². The molecule has 2 fully saturated rings. The lowest BCUT2D eigenvalue weighted by Crippen LogP contribution is -2.32. The van der Waals surface area contributed by atoms with Crippen LogP contribution >= 0.6 is 0 Å². The van der Waals surface area contributed by atoms with E-state index in [1.807, 2.05) is 4.72 Å². The quantitative estimate of drug-likeness (QED) is 0.746.